The van der Waals surface area contributed by atoms with E-state index in [0.717, 1.165) is 0 Å². The van der Waals surface area contributed by atoms with Crippen LogP contribution in [0.1, 0.15) is 0 Å². The number of hydrogen-bond acceptors (Lipinski definition) is 5. The Balaban J connectivity index is 2.66. The molecule has 8 nitrogen and oxygen atoms in total. The second kappa shape index (κ2) is 7.46. The minimum atomic E-state index is -0.667. The van der Waals surface area contributed by atoms with Gasteiger partial charge in [0.15, 0.2) is 0 Å². The summed E-state index contributed by atoms with van der Waals surface area (Å²) >= 11 is 5.77. The molecule has 0 saturated heterocycles. The monoisotopic (exact) mass is 313 g/mol. The zero-order chi connectivity index (χ0) is 16.0. The van der Waals surface area contributed by atoms with Crippen molar-refractivity contribution in [1.29, 1.82) is 0 Å². The van der Waals surface area contributed by atoms with Crippen LogP contribution in [0.25, 0.3) is 0 Å². The Bertz CT molecular complexity index is 548. The summed E-state index contributed by atoms with van der Waals surface area (Å²) in [6, 6.07) is 4.60. The van der Waals surface area contributed by atoms with Crippen LogP contribution in [0.2, 0.25) is 5.02 Å². The van der Waals surface area contributed by atoms with Gasteiger partial charge >= 0.3 is 0 Å². The summed E-state index contributed by atoms with van der Waals surface area (Å²) in [7, 11) is 0. The molecular weight excluding hydrogens is 298 g/mol. The number of carbonyl (C=O) groups excluding carboxylic acids is 3. The van der Waals surface area contributed by atoms with E-state index in [0.29, 0.717) is 16.4 Å². The average molecular weight is 314 g/mol. The SMILES string of the molecule is NC(=O)CN(CC(N)=O)CC(=O)Nc1ccc(Cl)c(N)c1. The Kier molecular flexibility index (Phi) is 5.94. The maximum atomic E-state index is 11.9. The standard InChI is InChI=1S/C12H16ClN5O3/c13-8-2-1-7(3-9(8)14)17-12(21)6-18(4-10(15)19)5-11(16)20/h1-3H,4-6,14H2,(H2,15,19)(H2,16,20)(H,17,21). The van der Waals surface area contributed by atoms with E-state index in [2.05, 4.69) is 5.32 Å². The van der Waals surface area contributed by atoms with Crippen LogP contribution in [0.5, 0.6) is 0 Å². The Morgan fingerprint density at radius 1 is 1.10 bits per heavy atom. The summed E-state index contributed by atoms with van der Waals surface area (Å²) in [4.78, 5) is 34.8. The van der Waals surface area contributed by atoms with Crippen LogP contribution in [-0.2, 0) is 14.4 Å². The van der Waals surface area contributed by atoms with Gasteiger partial charge in [0.2, 0.25) is 17.7 Å². The van der Waals surface area contributed by atoms with Gasteiger partial charge in [-0.05, 0) is 18.2 Å². The molecule has 0 fully saturated rings. The molecule has 0 heterocycles. The van der Waals surface area contributed by atoms with Gasteiger partial charge in [0.1, 0.15) is 0 Å². The zero-order valence-corrected chi connectivity index (χ0v) is 11.9. The second-order valence-corrected chi connectivity index (χ2v) is 4.77. The van der Waals surface area contributed by atoms with Crippen LogP contribution in [0.3, 0.4) is 0 Å². The number of amides is 3. The highest BCUT2D eigenvalue weighted by Gasteiger charge is 2.15. The van der Waals surface area contributed by atoms with Gasteiger partial charge in [-0.15, -0.1) is 0 Å². The van der Waals surface area contributed by atoms with Crippen molar-refractivity contribution in [1.82, 2.24) is 4.90 Å². The van der Waals surface area contributed by atoms with E-state index in [1.54, 1.807) is 6.07 Å². The van der Waals surface area contributed by atoms with Gasteiger partial charge in [0.05, 0.1) is 30.3 Å². The van der Waals surface area contributed by atoms with Gasteiger partial charge in [0, 0.05) is 5.69 Å². The van der Waals surface area contributed by atoms with Crippen LogP contribution in [0.15, 0.2) is 18.2 Å². The molecule has 0 aliphatic carbocycles. The lowest BCUT2D eigenvalue weighted by Crippen LogP contribution is -2.43. The summed E-state index contributed by atoms with van der Waals surface area (Å²) in [5.74, 6) is -1.78. The number of halogens is 1. The number of nitrogens with two attached hydrogens (primary N) is 3. The summed E-state index contributed by atoms with van der Waals surface area (Å²) in [6.45, 7) is -0.716. The van der Waals surface area contributed by atoms with Crippen molar-refractivity contribution >= 4 is 40.7 Å². The van der Waals surface area contributed by atoms with Gasteiger partial charge < -0.3 is 22.5 Å². The fourth-order valence-corrected chi connectivity index (χ4v) is 1.75. The predicted molar refractivity (Wildman–Crippen MR) is 79.3 cm³/mol. The van der Waals surface area contributed by atoms with Crippen LogP contribution in [0.4, 0.5) is 11.4 Å². The third-order valence-corrected chi connectivity index (χ3v) is 2.75. The molecule has 114 valence electrons. The molecule has 0 spiro atoms. The van der Waals surface area contributed by atoms with Gasteiger partial charge in [-0.3, -0.25) is 19.3 Å². The molecule has 7 N–H and O–H groups in total. The Hall–Kier alpha value is -2.32. The van der Waals surface area contributed by atoms with Crippen molar-refractivity contribution in [3.8, 4) is 0 Å². The van der Waals surface area contributed by atoms with Gasteiger partial charge in [-0.2, -0.15) is 0 Å². The first-order valence-corrected chi connectivity index (χ1v) is 6.29. The lowest BCUT2D eigenvalue weighted by molar-refractivity contribution is -0.123. The molecule has 9 heteroatoms. The summed E-state index contributed by atoms with van der Waals surface area (Å²) in [5, 5.41) is 2.94. The number of benzene rings is 1. The lowest BCUT2D eigenvalue weighted by Gasteiger charge is -2.18. The smallest absolute Gasteiger partial charge is 0.238 e. The van der Waals surface area contributed by atoms with Crippen LogP contribution in [0, 0.1) is 0 Å². The zero-order valence-electron chi connectivity index (χ0n) is 11.1. The number of rotatable bonds is 7. The topological polar surface area (TPSA) is 145 Å². The first kappa shape index (κ1) is 16.7. The van der Waals surface area contributed by atoms with Crippen LogP contribution in [-0.4, -0.2) is 42.3 Å². The number of nitrogens with zero attached hydrogens (tertiary/aromatic N) is 1. The summed E-state index contributed by atoms with van der Waals surface area (Å²) < 4.78 is 0. The quantitative estimate of drug-likeness (QED) is 0.484. The highest BCUT2D eigenvalue weighted by atomic mass is 35.5. The van der Waals surface area contributed by atoms with Crippen molar-refractivity contribution in [3.05, 3.63) is 23.2 Å². The van der Waals surface area contributed by atoms with Crippen LogP contribution >= 0.6 is 11.6 Å². The fourth-order valence-electron chi connectivity index (χ4n) is 1.63. The molecule has 3 amide bonds. The van der Waals surface area contributed by atoms with E-state index >= 15 is 0 Å². The van der Waals surface area contributed by atoms with E-state index in [1.807, 2.05) is 0 Å². The Morgan fingerprint density at radius 2 is 1.67 bits per heavy atom. The van der Waals surface area contributed by atoms with E-state index in [9.17, 15) is 14.4 Å². The first-order valence-electron chi connectivity index (χ1n) is 5.91. The minimum absolute atomic E-state index is 0.214. The van der Waals surface area contributed by atoms with Crippen molar-refractivity contribution in [2.45, 2.75) is 0 Å². The first-order chi connectivity index (χ1) is 9.77. The molecule has 1 aromatic rings. The number of carbonyl (C=O) groups is 3. The molecule has 0 aliphatic rings. The van der Waals surface area contributed by atoms with Gasteiger partial charge in [-0.1, -0.05) is 11.6 Å². The molecule has 0 atom stereocenters. The third-order valence-electron chi connectivity index (χ3n) is 2.41. The number of nitrogens with one attached hydrogen (secondary N) is 1. The van der Waals surface area contributed by atoms with E-state index in [1.165, 1.54) is 17.0 Å². The lowest BCUT2D eigenvalue weighted by atomic mass is 10.3. The van der Waals surface area contributed by atoms with Gasteiger partial charge in [-0.25, -0.2) is 0 Å². The minimum Gasteiger partial charge on any atom is -0.397 e. The summed E-state index contributed by atoms with van der Waals surface area (Å²) in [5.41, 5.74) is 16.5. The number of primary amides is 2. The molecule has 0 aromatic heterocycles. The molecule has 0 bridgehead atoms. The normalized spacial score (nSPS) is 10.4. The predicted octanol–water partition coefficient (Wildman–Crippen LogP) is -0.867. The molecule has 0 aliphatic heterocycles. The van der Waals surface area contributed by atoms with Crippen molar-refractivity contribution in [2.75, 3.05) is 30.7 Å². The molecule has 1 aromatic carbocycles. The van der Waals surface area contributed by atoms with E-state index < -0.39 is 17.7 Å². The Labute approximate surface area is 126 Å². The second-order valence-electron chi connectivity index (χ2n) is 4.36. The average Bonchev–Trinajstić information content (AvgIpc) is 2.31. The molecule has 21 heavy (non-hydrogen) atoms. The maximum absolute atomic E-state index is 11.9. The van der Waals surface area contributed by atoms with Crippen molar-refractivity contribution in [2.24, 2.45) is 11.5 Å². The number of nitrogen functional groups attached to an aromatic ring is 1. The number of anilines is 2. The Morgan fingerprint density at radius 3 is 2.14 bits per heavy atom. The molecule has 0 unspecified atom stereocenters. The van der Waals surface area contributed by atoms with E-state index in [4.69, 9.17) is 28.8 Å². The highest BCUT2D eigenvalue weighted by molar-refractivity contribution is 6.33. The van der Waals surface area contributed by atoms with Crippen molar-refractivity contribution in [3.63, 3.8) is 0 Å². The molecular formula is C12H16ClN5O3. The summed E-state index contributed by atoms with van der Waals surface area (Å²) in [6.07, 6.45) is 0. The largest absolute Gasteiger partial charge is 0.397 e. The maximum Gasteiger partial charge on any atom is 0.238 e. The van der Waals surface area contributed by atoms with Crippen molar-refractivity contribution < 1.29 is 14.4 Å². The third kappa shape index (κ3) is 6.11. The molecule has 1 rings (SSSR count). The number of hydrogen-bond donors (Lipinski definition) is 4. The van der Waals surface area contributed by atoms with Gasteiger partial charge in [0.25, 0.3) is 0 Å². The molecule has 0 radical (unpaired) electrons. The van der Waals surface area contributed by atoms with E-state index in [-0.39, 0.29) is 19.6 Å². The molecule has 0 saturated carbocycles. The fraction of sp³-hybridized carbons (Fsp3) is 0.250. The van der Waals surface area contributed by atoms with Crippen LogP contribution < -0.4 is 22.5 Å². The highest BCUT2D eigenvalue weighted by Crippen LogP contribution is 2.22.